The van der Waals surface area contributed by atoms with Gasteiger partial charge in [0, 0.05) is 19.1 Å². The summed E-state index contributed by atoms with van der Waals surface area (Å²) in [6.45, 7) is 1.21. The molecule has 0 aromatic heterocycles. The van der Waals surface area contributed by atoms with E-state index in [0.717, 1.165) is 19.4 Å². The molecule has 2 N–H and O–H groups in total. The highest BCUT2D eigenvalue weighted by molar-refractivity contribution is 4.82. The fourth-order valence-electron chi connectivity index (χ4n) is 1.98. The molecule has 1 aliphatic carbocycles. The van der Waals surface area contributed by atoms with E-state index >= 15 is 0 Å². The van der Waals surface area contributed by atoms with Gasteiger partial charge in [-0.1, -0.05) is 6.42 Å². The molecular formula is C10H18N2O. The van der Waals surface area contributed by atoms with Crippen molar-refractivity contribution >= 4 is 0 Å². The van der Waals surface area contributed by atoms with Gasteiger partial charge in [0.05, 0.1) is 6.07 Å². The predicted molar refractivity (Wildman–Crippen MR) is 51.1 cm³/mol. The molecule has 1 aliphatic rings. The summed E-state index contributed by atoms with van der Waals surface area (Å²) in [6.07, 6.45) is 5.10. The number of hydrogen-bond acceptors (Lipinski definition) is 3. The van der Waals surface area contributed by atoms with Crippen LogP contribution in [0.4, 0.5) is 0 Å². The minimum atomic E-state index is 0.302. The largest absolute Gasteiger partial charge is 0.396 e. The van der Waals surface area contributed by atoms with Crippen molar-refractivity contribution in [2.24, 2.45) is 5.92 Å². The van der Waals surface area contributed by atoms with Crippen LogP contribution in [0.5, 0.6) is 0 Å². The van der Waals surface area contributed by atoms with E-state index in [1.165, 1.54) is 12.8 Å². The lowest BCUT2D eigenvalue weighted by Crippen LogP contribution is -2.34. The summed E-state index contributed by atoms with van der Waals surface area (Å²) in [5.74, 6) is 0.446. The molecule has 0 aromatic carbocycles. The predicted octanol–water partition coefficient (Wildman–Crippen LogP) is 1.04. The number of nitriles is 1. The highest BCUT2D eigenvalue weighted by atomic mass is 16.3. The first-order chi connectivity index (χ1) is 6.38. The van der Waals surface area contributed by atoms with Gasteiger partial charge in [-0.05, 0) is 31.7 Å². The molecule has 3 nitrogen and oxygen atoms in total. The minimum Gasteiger partial charge on any atom is -0.396 e. The van der Waals surface area contributed by atoms with Crippen LogP contribution in [-0.4, -0.2) is 24.3 Å². The Kier molecular flexibility index (Phi) is 4.81. The molecule has 0 aliphatic heterocycles. The zero-order chi connectivity index (χ0) is 9.52. The van der Waals surface area contributed by atoms with Gasteiger partial charge in [0.1, 0.15) is 0 Å². The Morgan fingerprint density at radius 2 is 2.31 bits per heavy atom. The van der Waals surface area contributed by atoms with Gasteiger partial charge in [0.15, 0.2) is 0 Å². The summed E-state index contributed by atoms with van der Waals surface area (Å²) in [5, 5.41) is 20.8. The lowest BCUT2D eigenvalue weighted by atomic mass is 10.1. The summed E-state index contributed by atoms with van der Waals surface area (Å²) in [5.41, 5.74) is 0. The molecule has 0 bridgehead atoms. The standard InChI is InChI=1S/C10H18N2O/c11-6-1-2-7-12-10-5-3-4-9(10)8-13/h9-10,12-13H,1-5,7-8H2. The van der Waals surface area contributed by atoms with Gasteiger partial charge >= 0.3 is 0 Å². The third-order valence-corrected chi connectivity index (χ3v) is 2.77. The van der Waals surface area contributed by atoms with Crippen LogP contribution >= 0.6 is 0 Å². The van der Waals surface area contributed by atoms with E-state index < -0.39 is 0 Å². The van der Waals surface area contributed by atoms with Crippen molar-refractivity contribution in [2.45, 2.75) is 38.1 Å². The Hall–Kier alpha value is -0.590. The van der Waals surface area contributed by atoms with Crippen LogP contribution in [0.15, 0.2) is 0 Å². The van der Waals surface area contributed by atoms with Crippen molar-refractivity contribution in [1.29, 1.82) is 5.26 Å². The normalized spacial score (nSPS) is 27.4. The molecule has 13 heavy (non-hydrogen) atoms. The Labute approximate surface area is 79.8 Å². The average molecular weight is 182 g/mol. The van der Waals surface area contributed by atoms with E-state index in [0.29, 0.717) is 25.0 Å². The first-order valence-corrected chi connectivity index (χ1v) is 5.09. The molecule has 2 unspecified atom stereocenters. The van der Waals surface area contributed by atoms with Gasteiger partial charge in [-0.25, -0.2) is 0 Å². The van der Waals surface area contributed by atoms with E-state index in [4.69, 9.17) is 10.4 Å². The van der Waals surface area contributed by atoms with Gasteiger partial charge < -0.3 is 10.4 Å². The molecule has 1 saturated carbocycles. The Balaban J connectivity index is 2.10. The summed E-state index contributed by atoms with van der Waals surface area (Å²) in [4.78, 5) is 0. The Bertz CT molecular complexity index is 176. The first-order valence-electron chi connectivity index (χ1n) is 5.09. The van der Waals surface area contributed by atoms with Crippen LogP contribution in [0.3, 0.4) is 0 Å². The number of nitrogens with one attached hydrogen (secondary N) is 1. The fraction of sp³-hybridized carbons (Fsp3) is 0.900. The molecule has 0 heterocycles. The van der Waals surface area contributed by atoms with Crippen molar-refractivity contribution in [3.8, 4) is 6.07 Å². The van der Waals surface area contributed by atoms with Crippen LogP contribution in [-0.2, 0) is 0 Å². The Morgan fingerprint density at radius 1 is 1.46 bits per heavy atom. The van der Waals surface area contributed by atoms with E-state index in [9.17, 15) is 0 Å². The number of aliphatic hydroxyl groups is 1. The molecule has 2 atom stereocenters. The molecule has 0 saturated heterocycles. The van der Waals surface area contributed by atoms with Crippen molar-refractivity contribution in [3.05, 3.63) is 0 Å². The number of nitrogens with zero attached hydrogens (tertiary/aromatic N) is 1. The number of hydrogen-bond donors (Lipinski definition) is 2. The fourth-order valence-corrected chi connectivity index (χ4v) is 1.98. The quantitative estimate of drug-likeness (QED) is 0.625. The molecule has 0 amide bonds. The molecular weight excluding hydrogens is 164 g/mol. The third-order valence-electron chi connectivity index (χ3n) is 2.77. The molecule has 0 spiro atoms. The van der Waals surface area contributed by atoms with E-state index in [-0.39, 0.29) is 0 Å². The van der Waals surface area contributed by atoms with Gasteiger partial charge in [0.2, 0.25) is 0 Å². The van der Waals surface area contributed by atoms with Crippen molar-refractivity contribution in [3.63, 3.8) is 0 Å². The van der Waals surface area contributed by atoms with Gasteiger partial charge in [0.25, 0.3) is 0 Å². The van der Waals surface area contributed by atoms with Crippen LogP contribution in [0.1, 0.15) is 32.1 Å². The smallest absolute Gasteiger partial charge is 0.0622 e. The van der Waals surface area contributed by atoms with Crippen molar-refractivity contribution < 1.29 is 5.11 Å². The molecule has 1 rings (SSSR count). The van der Waals surface area contributed by atoms with Crippen LogP contribution < -0.4 is 5.32 Å². The maximum Gasteiger partial charge on any atom is 0.0622 e. The second-order valence-electron chi connectivity index (χ2n) is 3.70. The maximum absolute atomic E-state index is 9.05. The van der Waals surface area contributed by atoms with Crippen molar-refractivity contribution in [2.75, 3.05) is 13.2 Å². The number of aliphatic hydroxyl groups excluding tert-OH is 1. The first kappa shape index (κ1) is 10.5. The summed E-state index contributed by atoms with van der Waals surface area (Å²) in [6, 6.07) is 2.62. The zero-order valence-electron chi connectivity index (χ0n) is 8.00. The third kappa shape index (κ3) is 3.33. The highest BCUT2D eigenvalue weighted by Gasteiger charge is 2.25. The topological polar surface area (TPSA) is 56.0 Å². The average Bonchev–Trinajstić information content (AvgIpc) is 2.60. The lowest BCUT2D eigenvalue weighted by Gasteiger charge is -2.18. The summed E-state index contributed by atoms with van der Waals surface area (Å²) >= 11 is 0. The molecule has 74 valence electrons. The second-order valence-corrected chi connectivity index (χ2v) is 3.70. The molecule has 0 aromatic rings. The van der Waals surface area contributed by atoms with Crippen LogP contribution in [0.25, 0.3) is 0 Å². The lowest BCUT2D eigenvalue weighted by molar-refractivity contribution is 0.205. The number of rotatable bonds is 5. The van der Waals surface area contributed by atoms with E-state index in [1.807, 2.05) is 0 Å². The number of unbranched alkanes of at least 4 members (excludes halogenated alkanes) is 1. The monoisotopic (exact) mass is 182 g/mol. The molecule has 1 fully saturated rings. The highest BCUT2D eigenvalue weighted by Crippen LogP contribution is 2.24. The van der Waals surface area contributed by atoms with Gasteiger partial charge in [-0.3, -0.25) is 0 Å². The SMILES string of the molecule is N#CCCCNC1CCCC1CO. The van der Waals surface area contributed by atoms with E-state index in [1.54, 1.807) is 0 Å². The molecule has 0 radical (unpaired) electrons. The summed E-state index contributed by atoms with van der Waals surface area (Å²) in [7, 11) is 0. The van der Waals surface area contributed by atoms with Crippen LogP contribution in [0.2, 0.25) is 0 Å². The summed E-state index contributed by atoms with van der Waals surface area (Å²) < 4.78 is 0. The Morgan fingerprint density at radius 3 is 3.00 bits per heavy atom. The van der Waals surface area contributed by atoms with E-state index in [2.05, 4.69) is 11.4 Å². The molecule has 3 heteroatoms. The van der Waals surface area contributed by atoms with Gasteiger partial charge in [-0.2, -0.15) is 5.26 Å². The minimum absolute atomic E-state index is 0.302. The van der Waals surface area contributed by atoms with Crippen LogP contribution in [0, 0.1) is 17.2 Å². The van der Waals surface area contributed by atoms with Gasteiger partial charge in [-0.15, -0.1) is 0 Å². The van der Waals surface area contributed by atoms with Crippen molar-refractivity contribution in [1.82, 2.24) is 5.32 Å². The zero-order valence-corrected chi connectivity index (χ0v) is 8.00. The maximum atomic E-state index is 9.05. The second kappa shape index (κ2) is 5.95.